The van der Waals surface area contributed by atoms with E-state index >= 15 is 0 Å². The minimum atomic E-state index is 0.217. The van der Waals surface area contributed by atoms with Crippen molar-refractivity contribution in [1.29, 1.82) is 0 Å². The van der Waals surface area contributed by atoms with E-state index < -0.39 is 0 Å². The fraction of sp³-hybridized carbons (Fsp3) is 0.294. The van der Waals surface area contributed by atoms with E-state index in [1.807, 2.05) is 32.0 Å². The number of hydrogen-bond acceptors (Lipinski definition) is 3. The van der Waals surface area contributed by atoms with Crippen LogP contribution in [0.5, 0.6) is 11.5 Å². The molecule has 1 aliphatic heterocycles. The summed E-state index contributed by atoms with van der Waals surface area (Å²) in [5.41, 5.74) is 4.15. The Kier molecular flexibility index (Phi) is 3.81. The van der Waals surface area contributed by atoms with E-state index in [0.717, 1.165) is 33.5 Å². The molecule has 0 spiro atoms. The highest BCUT2D eigenvalue weighted by molar-refractivity contribution is 9.10. The molecule has 3 nitrogen and oxygen atoms in total. The van der Waals surface area contributed by atoms with Crippen LogP contribution in [-0.2, 0) is 0 Å². The summed E-state index contributed by atoms with van der Waals surface area (Å²) in [6.07, 6.45) is 0.919. The van der Waals surface area contributed by atoms with Crippen molar-refractivity contribution in [3.63, 3.8) is 0 Å². The van der Waals surface area contributed by atoms with Crippen LogP contribution in [0.1, 0.15) is 29.2 Å². The Hall–Kier alpha value is -1.68. The number of rotatable bonds is 2. The van der Waals surface area contributed by atoms with Gasteiger partial charge in [0, 0.05) is 22.1 Å². The molecule has 1 aliphatic rings. The van der Waals surface area contributed by atoms with Gasteiger partial charge in [-0.1, -0.05) is 15.9 Å². The molecular formula is C17H18BrNO2. The fourth-order valence-electron chi connectivity index (χ4n) is 2.66. The number of hydrogen-bond donors (Lipinski definition) is 2. The maximum Gasteiger partial charge on any atom is 0.124 e. The van der Waals surface area contributed by atoms with E-state index in [4.69, 9.17) is 4.74 Å². The predicted octanol–water partition coefficient (Wildman–Crippen LogP) is 4.71. The Morgan fingerprint density at radius 2 is 2.00 bits per heavy atom. The van der Waals surface area contributed by atoms with Gasteiger partial charge in [0.15, 0.2) is 0 Å². The van der Waals surface area contributed by atoms with Gasteiger partial charge in [-0.05, 0) is 55.3 Å². The molecule has 2 N–H and O–H groups in total. The maximum atomic E-state index is 9.77. The molecule has 0 aromatic heterocycles. The van der Waals surface area contributed by atoms with Crippen molar-refractivity contribution < 1.29 is 9.84 Å². The van der Waals surface area contributed by atoms with E-state index in [-0.39, 0.29) is 6.04 Å². The van der Waals surface area contributed by atoms with Gasteiger partial charge in [-0.2, -0.15) is 0 Å². The number of halogens is 1. The average molecular weight is 348 g/mol. The first-order valence-electron chi connectivity index (χ1n) is 7.03. The molecule has 4 heteroatoms. The van der Waals surface area contributed by atoms with Crippen LogP contribution in [0.25, 0.3) is 0 Å². The first-order chi connectivity index (χ1) is 10.0. The monoisotopic (exact) mass is 347 g/mol. The summed E-state index contributed by atoms with van der Waals surface area (Å²) in [4.78, 5) is 0. The van der Waals surface area contributed by atoms with Crippen LogP contribution >= 0.6 is 15.9 Å². The molecule has 1 atom stereocenters. The molecule has 2 aromatic carbocycles. The van der Waals surface area contributed by atoms with Crippen molar-refractivity contribution >= 4 is 21.6 Å². The van der Waals surface area contributed by atoms with Gasteiger partial charge in [0.05, 0.1) is 12.6 Å². The molecular weight excluding hydrogens is 330 g/mol. The van der Waals surface area contributed by atoms with E-state index in [9.17, 15) is 5.11 Å². The molecule has 0 fully saturated rings. The second kappa shape index (κ2) is 5.60. The smallest absolute Gasteiger partial charge is 0.124 e. The minimum Gasteiger partial charge on any atom is -0.508 e. The fourth-order valence-corrected chi connectivity index (χ4v) is 3.04. The number of fused-ring (bicyclic) bond motifs is 1. The van der Waals surface area contributed by atoms with Crippen LogP contribution in [0, 0.1) is 13.8 Å². The summed E-state index contributed by atoms with van der Waals surface area (Å²) in [7, 11) is 0. The standard InChI is InChI=1S/C17H18BrNO2/c1-10-8-16(20)11(2)7-15(10)19-14-5-6-21-17-4-3-12(18)9-13(14)17/h3-4,7-9,14,19-20H,5-6H2,1-2H3. The second-order valence-electron chi connectivity index (χ2n) is 5.47. The Balaban J connectivity index is 1.93. The Morgan fingerprint density at radius 3 is 2.81 bits per heavy atom. The Morgan fingerprint density at radius 1 is 1.19 bits per heavy atom. The van der Waals surface area contributed by atoms with Gasteiger partial charge < -0.3 is 15.2 Å². The van der Waals surface area contributed by atoms with Crippen LogP contribution in [0.4, 0.5) is 5.69 Å². The first kappa shape index (κ1) is 14.3. The lowest BCUT2D eigenvalue weighted by Crippen LogP contribution is -2.20. The first-order valence-corrected chi connectivity index (χ1v) is 7.83. The molecule has 110 valence electrons. The summed E-state index contributed by atoms with van der Waals surface area (Å²) >= 11 is 3.52. The Labute approximate surface area is 133 Å². The largest absolute Gasteiger partial charge is 0.508 e. The van der Waals surface area contributed by atoms with E-state index in [2.05, 4.69) is 27.3 Å². The number of aryl methyl sites for hydroxylation is 2. The predicted molar refractivity (Wildman–Crippen MR) is 88.2 cm³/mol. The molecule has 1 heterocycles. The van der Waals surface area contributed by atoms with Crippen LogP contribution in [-0.4, -0.2) is 11.7 Å². The lowest BCUT2D eigenvalue weighted by atomic mass is 9.99. The van der Waals surface area contributed by atoms with Crippen molar-refractivity contribution in [2.24, 2.45) is 0 Å². The van der Waals surface area contributed by atoms with E-state index in [1.165, 1.54) is 5.56 Å². The van der Waals surface area contributed by atoms with Gasteiger partial charge >= 0.3 is 0 Å². The van der Waals surface area contributed by atoms with E-state index in [1.54, 1.807) is 6.07 Å². The van der Waals surface area contributed by atoms with Crippen molar-refractivity contribution in [2.45, 2.75) is 26.3 Å². The molecule has 0 amide bonds. The van der Waals surface area contributed by atoms with E-state index in [0.29, 0.717) is 12.4 Å². The van der Waals surface area contributed by atoms with Crippen molar-refractivity contribution in [2.75, 3.05) is 11.9 Å². The molecule has 0 radical (unpaired) electrons. The third-order valence-electron chi connectivity index (χ3n) is 3.88. The number of ether oxygens (including phenoxy) is 1. The number of nitrogens with one attached hydrogen (secondary N) is 1. The summed E-state index contributed by atoms with van der Waals surface area (Å²) < 4.78 is 6.77. The molecule has 0 saturated heterocycles. The summed E-state index contributed by atoms with van der Waals surface area (Å²) in [5, 5.41) is 13.4. The number of phenolic OH excluding ortho intramolecular Hbond substituents is 1. The number of benzene rings is 2. The lowest BCUT2D eigenvalue weighted by Gasteiger charge is -2.28. The van der Waals surface area contributed by atoms with Gasteiger partial charge in [-0.3, -0.25) is 0 Å². The number of aromatic hydroxyl groups is 1. The quantitative estimate of drug-likeness (QED) is 0.773. The van der Waals surface area contributed by atoms with Crippen molar-refractivity contribution in [3.8, 4) is 11.5 Å². The minimum absolute atomic E-state index is 0.217. The van der Waals surface area contributed by atoms with Gasteiger partial charge in [0.1, 0.15) is 11.5 Å². The highest BCUT2D eigenvalue weighted by atomic mass is 79.9. The molecule has 0 aliphatic carbocycles. The molecule has 2 aromatic rings. The number of phenols is 1. The van der Waals surface area contributed by atoms with Crippen LogP contribution in [0.15, 0.2) is 34.8 Å². The third kappa shape index (κ3) is 2.86. The van der Waals surface area contributed by atoms with Crippen molar-refractivity contribution in [3.05, 3.63) is 51.5 Å². The molecule has 3 rings (SSSR count). The maximum absolute atomic E-state index is 9.77. The zero-order valence-corrected chi connectivity index (χ0v) is 13.7. The van der Waals surface area contributed by atoms with Gasteiger partial charge in [-0.15, -0.1) is 0 Å². The van der Waals surface area contributed by atoms with Crippen LogP contribution < -0.4 is 10.1 Å². The van der Waals surface area contributed by atoms with Crippen molar-refractivity contribution in [1.82, 2.24) is 0 Å². The topological polar surface area (TPSA) is 41.5 Å². The normalized spacial score (nSPS) is 17.0. The molecule has 21 heavy (non-hydrogen) atoms. The van der Waals surface area contributed by atoms with Gasteiger partial charge in [0.25, 0.3) is 0 Å². The highest BCUT2D eigenvalue weighted by Crippen LogP contribution is 2.37. The summed E-state index contributed by atoms with van der Waals surface area (Å²) in [6.45, 7) is 4.62. The summed E-state index contributed by atoms with van der Waals surface area (Å²) in [6, 6.07) is 10.1. The van der Waals surface area contributed by atoms with Gasteiger partial charge in [0.2, 0.25) is 0 Å². The summed E-state index contributed by atoms with van der Waals surface area (Å²) in [5.74, 6) is 1.28. The SMILES string of the molecule is Cc1cc(NC2CCOc3ccc(Br)cc32)c(C)cc1O. The lowest BCUT2D eigenvalue weighted by molar-refractivity contribution is 0.274. The molecule has 0 saturated carbocycles. The zero-order chi connectivity index (χ0) is 15.0. The number of anilines is 1. The van der Waals surface area contributed by atoms with Crippen LogP contribution in [0.2, 0.25) is 0 Å². The zero-order valence-electron chi connectivity index (χ0n) is 12.1. The molecule has 1 unspecified atom stereocenters. The highest BCUT2D eigenvalue weighted by Gasteiger charge is 2.22. The van der Waals surface area contributed by atoms with Crippen LogP contribution in [0.3, 0.4) is 0 Å². The second-order valence-corrected chi connectivity index (χ2v) is 6.39. The third-order valence-corrected chi connectivity index (χ3v) is 4.38. The average Bonchev–Trinajstić information content (AvgIpc) is 2.45. The Bertz CT molecular complexity index is 685. The van der Waals surface area contributed by atoms with Gasteiger partial charge in [-0.25, -0.2) is 0 Å². The molecule has 0 bridgehead atoms.